The van der Waals surface area contributed by atoms with Crippen LogP contribution in [0.15, 0.2) is 24.3 Å². The maximum absolute atomic E-state index is 12.2. The molecule has 0 aromatic heterocycles. The minimum atomic E-state index is -2.05. The third-order valence-electron chi connectivity index (χ3n) is 7.01. The van der Waals surface area contributed by atoms with E-state index in [0.29, 0.717) is 18.4 Å². The normalized spacial score (nSPS) is 15.9. The smallest absolute Gasteiger partial charge is 0.332 e. The molecule has 0 bridgehead atoms. The second-order valence-corrected chi connectivity index (χ2v) is 10.2. The highest BCUT2D eigenvalue weighted by atomic mass is 16.6. The van der Waals surface area contributed by atoms with E-state index in [1.54, 1.807) is 0 Å². The van der Waals surface area contributed by atoms with Gasteiger partial charge in [-0.1, -0.05) is 25.0 Å². The molecule has 0 spiro atoms. The lowest BCUT2D eigenvalue weighted by Crippen LogP contribution is -2.53. The number of rotatable bonds is 19. The van der Waals surface area contributed by atoms with Gasteiger partial charge in [-0.05, 0) is 36.7 Å². The number of carboxylic acids is 5. The van der Waals surface area contributed by atoms with E-state index in [9.17, 15) is 59.6 Å². The van der Waals surface area contributed by atoms with Gasteiger partial charge < -0.3 is 30.8 Å². The van der Waals surface area contributed by atoms with Crippen LogP contribution in [0.3, 0.4) is 0 Å². The molecule has 7 N–H and O–H groups in total. The fourth-order valence-corrected chi connectivity index (χ4v) is 5.17. The van der Waals surface area contributed by atoms with Gasteiger partial charge in [0.1, 0.15) is 6.04 Å². The van der Waals surface area contributed by atoms with E-state index in [2.05, 4.69) is 10.6 Å². The number of non-ortho nitro benzene ring substituents is 1. The SMILES string of the molecule is O=C(O)CN(CC(=O)O)CC1(CNC(CC(Cc2ccc([N+](=O)[O-])cc2)NC(C(=O)O)C(=O)O)C(=O)O)CCCC1. The highest BCUT2D eigenvalue weighted by molar-refractivity contribution is 5.97. The summed E-state index contributed by atoms with van der Waals surface area (Å²) in [7, 11) is 0. The fourth-order valence-electron chi connectivity index (χ4n) is 5.17. The van der Waals surface area contributed by atoms with Crippen molar-refractivity contribution >= 4 is 35.5 Å². The van der Waals surface area contributed by atoms with Crippen LogP contribution in [-0.2, 0) is 30.4 Å². The zero-order chi connectivity index (χ0) is 30.7. The number of nitro benzene ring substituents is 1. The monoisotopic (exact) mass is 582 g/mol. The molecule has 226 valence electrons. The van der Waals surface area contributed by atoms with Gasteiger partial charge >= 0.3 is 29.8 Å². The zero-order valence-electron chi connectivity index (χ0n) is 22.1. The summed E-state index contributed by atoms with van der Waals surface area (Å²) >= 11 is 0. The third kappa shape index (κ3) is 10.7. The van der Waals surface area contributed by atoms with Gasteiger partial charge in [0.15, 0.2) is 0 Å². The van der Waals surface area contributed by atoms with Crippen LogP contribution in [-0.4, -0.2) is 110 Å². The van der Waals surface area contributed by atoms with Crippen LogP contribution in [0.5, 0.6) is 0 Å². The predicted octanol–water partition coefficient (Wildman–Crippen LogP) is 0.0978. The van der Waals surface area contributed by atoms with E-state index in [0.717, 1.165) is 12.8 Å². The fraction of sp³-hybridized carbons (Fsp3) is 0.560. The molecule has 0 radical (unpaired) electrons. The van der Waals surface area contributed by atoms with Gasteiger partial charge in [-0.15, -0.1) is 0 Å². The summed E-state index contributed by atoms with van der Waals surface area (Å²) in [6.07, 6.45) is 2.41. The first-order valence-electron chi connectivity index (χ1n) is 12.8. The molecule has 1 fully saturated rings. The minimum absolute atomic E-state index is 0.0450. The van der Waals surface area contributed by atoms with E-state index in [1.807, 2.05) is 0 Å². The number of nitrogens with zero attached hydrogens (tertiary/aromatic N) is 2. The molecule has 1 aliphatic carbocycles. The summed E-state index contributed by atoms with van der Waals surface area (Å²) in [5.74, 6) is -7.09. The molecule has 2 rings (SSSR count). The summed E-state index contributed by atoms with van der Waals surface area (Å²) in [4.78, 5) is 69.5. The second kappa shape index (κ2) is 15.0. The van der Waals surface area contributed by atoms with Gasteiger partial charge in [0.25, 0.3) is 5.69 Å². The van der Waals surface area contributed by atoms with Crippen molar-refractivity contribution in [3.63, 3.8) is 0 Å². The van der Waals surface area contributed by atoms with Gasteiger partial charge in [0.05, 0.1) is 18.0 Å². The molecular formula is C25H34N4O12. The highest BCUT2D eigenvalue weighted by Crippen LogP contribution is 2.38. The highest BCUT2D eigenvalue weighted by Gasteiger charge is 2.38. The molecule has 1 aliphatic rings. The number of hydrogen-bond donors (Lipinski definition) is 7. The molecule has 41 heavy (non-hydrogen) atoms. The Kier molecular flexibility index (Phi) is 12.1. The number of nitrogens with one attached hydrogen (secondary N) is 2. The first kappa shape index (κ1) is 33.1. The molecule has 0 heterocycles. The van der Waals surface area contributed by atoms with E-state index in [4.69, 9.17) is 0 Å². The molecule has 1 saturated carbocycles. The largest absolute Gasteiger partial charge is 0.480 e. The van der Waals surface area contributed by atoms with Gasteiger partial charge in [0.2, 0.25) is 6.04 Å². The molecule has 0 amide bonds. The second-order valence-electron chi connectivity index (χ2n) is 10.2. The number of carbonyl (C=O) groups is 5. The van der Waals surface area contributed by atoms with E-state index >= 15 is 0 Å². The van der Waals surface area contributed by atoms with Gasteiger partial charge in [-0.25, -0.2) is 9.59 Å². The van der Waals surface area contributed by atoms with E-state index in [1.165, 1.54) is 29.2 Å². The van der Waals surface area contributed by atoms with Crippen molar-refractivity contribution in [3.8, 4) is 0 Å². The quantitative estimate of drug-likeness (QED) is 0.0648. The molecule has 0 saturated heterocycles. The Balaban J connectivity index is 2.25. The summed E-state index contributed by atoms with van der Waals surface area (Å²) in [6.45, 7) is -0.840. The zero-order valence-corrected chi connectivity index (χ0v) is 22.1. The number of nitro groups is 1. The molecular weight excluding hydrogens is 548 g/mol. The number of aliphatic carboxylic acids is 5. The lowest BCUT2D eigenvalue weighted by Gasteiger charge is -2.36. The number of carboxylic acid groups (broad SMARTS) is 5. The molecule has 2 atom stereocenters. The molecule has 1 aromatic carbocycles. The van der Waals surface area contributed by atoms with E-state index in [-0.39, 0.29) is 31.6 Å². The molecule has 1 aromatic rings. The van der Waals surface area contributed by atoms with Crippen molar-refractivity contribution in [2.45, 2.75) is 56.7 Å². The van der Waals surface area contributed by atoms with Gasteiger partial charge in [-0.2, -0.15) is 0 Å². The predicted molar refractivity (Wildman–Crippen MR) is 139 cm³/mol. The van der Waals surface area contributed by atoms with E-state index < -0.39 is 71.4 Å². The van der Waals surface area contributed by atoms with Crippen molar-refractivity contribution in [2.24, 2.45) is 5.41 Å². The summed E-state index contributed by atoms with van der Waals surface area (Å²) < 4.78 is 0. The average molecular weight is 583 g/mol. The average Bonchev–Trinajstić information content (AvgIpc) is 3.31. The Hall–Kier alpha value is -4.15. The molecule has 16 nitrogen and oxygen atoms in total. The first-order valence-corrected chi connectivity index (χ1v) is 12.8. The van der Waals surface area contributed by atoms with Crippen molar-refractivity contribution in [2.75, 3.05) is 26.2 Å². The Morgan fingerprint density at radius 3 is 1.88 bits per heavy atom. The number of benzene rings is 1. The Bertz CT molecular complexity index is 1090. The van der Waals surface area contributed by atoms with Crippen LogP contribution < -0.4 is 10.6 Å². The summed E-state index contributed by atoms with van der Waals surface area (Å²) in [5.41, 5.74) is -0.346. The van der Waals surface area contributed by atoms with Crippen LogP contribution in [0.1, 0.15) is 37.7 Å². The Labute approximate surface area is 234 Å². The van der Waals surface area contributed by atoms with Crippen LogP contribution in [0.4, 0.5) is 5.69 Å². The van der Waals surface area contributed by atoms with Crippen LogP contribution in [0, 0.1) is 15.5 Å². The topological polar surface area (TPSA) is 257 Å². The standard InChI is InChI=1S/C25H34N4O12/c30-19(31)11-28(12-20(32)33)14-25(7-1-2-8-25)13-26-18(22(34)35)10-16(27-21(23(36)37)24(38)39)9-15-3-5-17(6-4-15)29(40)41/h3-6,16,18,21,26-27H,1-2,7-14H2,(H,30,31)(H,32,33)(H,34,35)(H,36,37)(H,38,39). The van der Waals surface area contributed by atoms with Gasteiger partial charge in [0, 0.05) is 31.3 Å². The summed E-state index contributed by atoms with van der Waals surface area (Å²) in [5, 5.41) is 63.4. The molecule has 0 aliphatic heterocycles. The number of hydrogen-bond acceptors (Lipinski definition) is 10. The Morgan fingerprint density at radius 1 is 0.902 bits per heavy atom. The van der Waals surface area contributed by atoms with Crippen LogP contribution >= 0.6 is 0 Å². The lowest BCUT2D eigenvalue weighted by atomic mass is 9.84. The van der Waals surface area contributed by atoms with Crippen LogP contribution in [0.25, 0.3) is 0 Å². The van der Waals surface area contributed by atoms with Crippen LogP contribution in [0.2, 0.25) is 0 Å². The van der Waals surface area contributed by atoms with Crippen molar-refractivity contribution in [1.82, 2.24) is 15.5 Å². The maximum atomic E-state index is 12.2. The van der Waals surface area contributed by atoms with Gasteiger partial charge in [-0.3, -0.25) is 34.7 Å². The lowest BCUT2D eigenvalue weighted by molar-refractivity contribution is -0.384. The van der Waals surface area contributed by atoms with Crippen molar-refractivity contribution in [1.29, 1.82) is 0 Å². The minimum Gasteiger partial charge on any atom is -0.480 e. The first-order chi connectivity index (χ1) is 19.2. The van der Waals surface area contributed by atoms with Crippen molar-refractivity contribution in [3.05, 3.63) is 39.9 Å². The molecule has 2 unspecified atom stereocenters. The maximum Gasteiger partial charge on any atom is 0.332 e. The Morgan fingerprint density at radius 2 is 1.44 bits per heavy atom. The van der Waals surface area contributed by atoms with Crippen molar-refractivity contribution < 1.29 is 54.4 Å². The third-order valence-corrected chi connectivity index (χ3v) is 7.01. The molecule has 16 heteroatoms. The summed E-state index contributed by atoms with van der Waals surface area (Å²) in [6, 6.07) is 0.897.